The minimum atomic E-state index is -0.569. The minimum absolute atomic E-state index is 0.0461. The van der Waals surface area contributed by atoms with E-state index in [0.29, 0.717) is 22.7 Å². The lowest BCUT2D eigenvalue weighted by Gasteiger charge is -2.19. The van der Waals surface area contributed by atoms with Gasteiger partial charge in [-0.1, -0.05) is 57.2 Å². The Kier molecular flexibility index (Phi) is 9.51. The molecule has 4 rings (SSSR count). The van der Waals surface area contributed by atoms with Gasteiger partial charge in [0, 0.05) is 21.9 Å². The van der Waals surface area contributed by atoms with Gasteiger partial charge in [0.05, 0.1) is 12.2 Å². The van der Waals surface area contributed by atoms with E-state index in [4.69, 9.17) is 4.74 Å². The Morgan fingerprint density at radius 3 is 2.46 bits per heavy atom. The van der Waals surface area contributed by atoms with Crippen molar-refractivity contribution in [3.63, 3.8) is 0 Å². The highest BCUT2D eigenvalue weighted by Gasteiger charge is 2.30. The van der Waals surface area contributed by atoms with Crippen molar-refractivity contribution in [2.75, 3.05) is 17.2 Å². The van der Waals surface area contributed by atoms with E-state index in [2.05, 4.69) is 10.6 Å². The molecule has 2 amide bonds. The molecule has 8 heteroatoms. The molecule has 1 aliphatic carbocycles. The molecule has 1 heterocycles. The standard InChI is InChI=1S/C31H36N2O4S2/c1-5-37-30(36)26-23-16-9-10-17-24(23)39-29(26)33-28(35)27(20-12-7-6-8-13-20)38-22-15-11-14-21(18-22)32-25(34)19-31(2,3)4/h6-8,11-15,18,27H,5,9-10,16-17,19H2,1-4H3,(H,32,34)(H,33,35). The fourth-order valence-electron chi connectivity index (χ4n) is 4.62. The Morgan fingerprint density at radius 1 is 1.00 bits per heavy atom. The van der Waals surface area contributed by atoms with Gasteiger partial charge < -0.3 is 15.4 Å². The number of carbonyl (C=O) groups excluding carboxylic acids is 3. The van der Waals surface area contributed by atoms with Crippen LogP contribution >= 0.6 is 23.1 Å². The normalized spacial score (nSPS) is 13.7. The number of hydrogen-bond donors (Lipinski definition) is 2. The van der Waals surface area contributed by atoms with Gasteiger partial charge in [0.1, 0.15) is 10.3 Å². The summed E-state index contributed by atoms with van der Waals surface area (Å²) in [7, 11) is 0. The summed E-state index contributed by atoms with van der Waals surface area (Å²) in [6.45, 7) is 8.15. The van der Waals surface area contributed by atoms with Crippen molar-refractivity contribution in [1.82, 2.24) is 0 Å². The van der Waals surface area contributed by atoms with Crippen molar-refractivity contribution in [2.45, 2.75) is 69.9 Å². The van der Waals surface area contributed by atoms with E-state index < -0.39 is 5.25 Å². The number of benzene rings is 2. The summed E-state index contributed by atoms with van der Waals surface area (Å²) >= 11 is 2.90. The largest absolute Gasteiger partial charge is 0.462 e. The zero-order chi connectivity index (χ0) is 28.0. The molecular formula is C31H36N2O4S2. The monoisotopic (exact) mass is 564 g/mol. The van der Waals surface area contributed by atoms with Crippen LogP contribution in [0.25, 0.3) is 0 Å². The third kappa shape index (κ3) is 7.73. The Morgan fingerprint density at radius 2 is 1.74 bits per heavy atom. The highest BCUT2D eigenvalue weighted by molar-refractivity contribution is 8.00. The van der Waals surface area contributed by atoms with Gasteiger partial charge in [0.25, 0.3) is 0 Å². The van der Waals surface area contributed by atoms with Crippen molar-refractivity contribution in [3.05, 3.63) is 76.2 Å². The SMILES string of the molecule is CCOC(=O)c1c(NC(=O)C(Sc2cccc(NC(=O)CC(C)(C)C)c2)c2ccccc2)sc2c1CCCC2. The first-order valence-corrected chi connectivity index (χ1v) is 15.1. The second kappa shape index (κ2) is 12.8. The first-order valence-electron chi connectivity index (χ1n) is 13.4. The van der Waals surface area contributed by atoms with Crippen molar-refractivity contribution >= 4 is 51.6 Å². The summed E-state index contributed by atoms with van der Waals surface area (Å²) < 4.78 is 5.37. The lowest BCUT2D eigenvalue weighted by Crippen LogP contribution is -2.21. The highest BCUT2D eigenvalue weighted by atomic mass is 32.2. The fraction of sp³-hybridized carbons (Fsp3) is 0.387. The lowest BCUT2D eigenvalue weighted by molar-refractivity contribution is -0.118. The number of thiophene rings is 1. The molecule has 3 aromatic rings. The van der Waals surface area contributed by atoms with Crippen LogP contribution in [0.5, 0.6) is 0 Å². The number of nitrogens with one attached hydrogen (secondary N) is 2. The van der Waals surface area contributed by atoms with Gasteiger partial charge in [-0.2, -0.15) is 0 Å². The summed E-state index contributed by atoms with van der Waals surface area (Å²) in [5.74, 6) is -0.637. The number of fused-ring (bicyclic) bond motifs is 1. The van der Waals surface area contributed by atoms with E-state index in [9.17, 15) is 14.4 Å². The molecule has 39 heavy (non-hydrogen) atoms. The van der Waals surface area contributed by atoms with Gasteiger partial charge in [0.2, 0.25) is 11.8 Å². The molecule has 2 N–H and O–H groups in total. The topological polar surface area (TPSA) is 84.5 Å². The molecule has 0 aliphatic heterocycles. The number of anilines is 2. The molecule has 2 aromatic carbocycles. The maximum atomic E-state index is 13.8. The van der Waals surface area contributed by atoms with Crippen LogP contribution in [0.2, 0.25) is 0 Å². The Labute approximate surface area is 238 Å². The molecule has 0 fully saturated rings. The molecule has 0 radical (unpaired) electrons. The zero-order valence-electron chi connectivity index (χ0n) is 23.0. The Bertz CT molecular complexity index is 1330. The predicted octanol–water partition coefficient (Wildman–Crippen LogP) is 7.65. The average molecular weight is 565 g/mol. The lowest BCUT2D eigenvalue weighted by atomic mass is 9.92. The molecule has 0 spiro atoms. The second-order valence-corrected chi connectivity index (χ2v) is 13.1. The van der Waals surface area contributed by atoms with E-state index in [1.54, 1.807) is 6.92 Å². The number of ether oxygens (including phenoxy) is 1. The molecule has 206 valence electrons. The smallest absolute Gasteiger partial charge is 0.341 e. The molecule has 0 bridgehead atoms. The molecular weight excluding hydrogens is 528 g/mol. The number of hydrogen-bond acceptors (Lipinski definition) is 6. The summed E-state index contributed by atoms with van der Waals surface area (Å²) in [4.78, 5) is 41.3. The third-order valence-electron chi connectivity index (χ3n) is 6.29. The van der Waals surface area contributed by atoms with Gasteiger partial charge in [-0.25, -0.2) is 4.79 Å². The second-order valence-electron chi connectivity index (χ2n) is 10.8. The molecule has 0 saturated carbocycles. The van der Waals surface area contributed by atoms with E-state index in [-0.39, 0.29) is 29.8 Å². The number of rotatable bonds is 9. The van der Waals surface area contributed by atoms with Crippen LogP contribution in [0.1, 0.15) is 78.6 Å². The van der Waals surface area contributed by atoms with Crippen LogP contribution < -0.4 is 10.6 Å². The quantitative estimate of drug-likeness (QED) is 0.206. The van der Waals surface area contributed by atoms with Crippen LogP contribution in [-0.4, -0.2) is 24.4 Å². The van der Waals surface area contributed by atoms with Crippen molar-refractivity contribution in [1.29, 1.82) is 0 Å². The number of esters is 1. The van der Waals surface area contributed by atoms with Gasteiger partial charge in [-0.3, -0.25) is 9.59 Å². The molecule has 0 saturated heterocycles. The molecule has 1 aromatic heterocycles. The van der Waals surface area contributed by atoms with E-state index >= 15 is 0 Å². The molecule has 1 aliphatic rings. The van der Waals surface area contributed by atoms with Crippen molar-refractivity contribution in [2.24, 2.45) is 5.41 Å². The van der Waals surface area contributed by atoms with Crippen LogP contribution in [0, 0.1) is 5.41 Å². The third-order valence-corrected chi connectivity index (χ3v) is 8.75. The summed E-state index contributed by atoms with van der Waals surface area (Å²) in [6, 6.07) is 17.1. The van der Waals surface area contributed by atoms with E-state index in [1.165, 1.54) is 23.1 Å². The van der Waals surface area contributed by atoms with Gasteiger partial charge in [0.15, 0.2) is 0 Å². The van der Waals surface area contributed by atoms with Crippen LogP contribution in [0.3, 0.4) is 0 Å². The Balaban J connectivity index is 1.60. The van der Waals surface area contributed by atoms with Crippen LogP contribution in [-0.2, 0) is 27.2 Å². The number of thioether (sulfide) groups is 1. The van der Waals surface area contributed by atoms with E-state index in [0.717, 1.165) is 46.6 Å². The first-order chi connectivity index (χ1) is 18.6. The van der Waals surface area contributed by atoms with Crippen molar-refractivity contribution < 1.29 is 19.1 Å². The number of amides is 2. The van der Waals surface area contributed by atoms with Gasteiger partial charge >= 0.3 is 5.97 Å². The highest BCUT2D eigenvalue weighted by Crippen LogP contribution is 2.41. The number of carbonyl (C=O) groups is 3. The van der Waals surface area contributed by atoms with Crippen LogP contribution in [0.15, 0.2) is 59.5 Å². The molecule has 6 nitrogen and oxygen atoms in total. The minimum Gasteiger partial charge on any atom is -0.462 e. The number of aryl methyl sites for hydroxylation is 1. The fourth-order valence-corrected chi connectivity index (χ4v) is 6.99. The van der Waals surface area contributed by atoms with Gasteiger partial charge in [-0.05, 0) is 67.3 Å². The summed E-state index contributed by atoms with van der Waals surface area (Å²) in [5, 5.41) is 6.06. The zero-order valence-corrected chi connectivity index (χ0v) is 24.6. The predicted molar refractivity (Wildman–Crippen MR) is 160 cm³/mol. The van der Waals surface area contributed by atoms with Crippen LogP contribution in [0.4, 0.5) is 10.7 Å². The first kappa shape index (κ1) is 28.9. The van der Waals surface area contributed by atoms with Gasteiger partial charge in [-0.15, -0.1) is 23.1 Å². The summed E-state index contributed by atoms with van der Waals surface area (Å²) in [6.07, 6.45) is 4.24. The summed E-state index contributed by atoms with van der Waals surface area (Å²) in [5.41, 5.74) is 2.95. The maximum Gasteiger partial charge on any atom is 0.341 e. The molecule has 1 unspecified atom stereocenters. The van der Waals surface area contributed by atoms with E-state index in [1.807, 2.05) is 75.4 Å². The average Bonchev–Trinajstić information content (AvgIpc) is 3.24. The van der Waals surface area contributed by atoms with Crippen molar-refractivity contribution in [3.8, 4) is 0 Å². The Hall–Kier alpha value is -3.10. The molecule has 1 atom stereocenters. The maximum absolute atomic E-state index is 13.8.